The van der Waals surface area contributed by atoms with Crippen molar-refractivity contribution in [3.05, 3.63) is 0 Å². The predicted molar refractivity (Wildman–Crippen MR) is 99.8 cm³/mol. The van der Waals surface area contributed by atoms with E-state index in [1.165, 1.54) is 103 Å². The quantitative estimate of drug-likeness (QED) is 0.581. The normalized spacial score (nSPS) is 39.3. The number of hydrogen-bond acceptors (Lipinski definition) is 2. The minimum Gasteiger partial charge on any atom is -0.311 e. The minimum absolute atomic E-state index is 0.824. The molecule has 0 radical (unpaired) electrons. The molecule has 0 aromatic carbocycles. The number of thioether (sulfide) groups is 1. The van der Waals surface area contributed by atoms with E-state index in [1.807, 2.05) is 0 Å². The summed E-state index contributed by atoms with van der Waals surface area (Å²) in [6, 6.07) is 1.65. The van der Waals surface area contributed by atoms with E-state index in [0.717, 1.165) is 22.6 Å². The lowest BCUT2D eigenvalue weighted by molar-refractivity contribution is 0.318. The maximum Gasteiger partial charge on any atom is 0.00802 e. The molecular formula is C20H37NS. The van der Waals surface area contributed by atoms with Crippen LogP contribution in [-0.4, -0.2) is 22.6 Å². The largest absolute Gasteiger partial charge is 0.311 e. The zero-order valence-corrected chi connectivity index (χ0v) is 15.3. The summed E-state index contributed by atoms with van der Waals surface area (Å²) in [6.07, 6.45) is 23.6. The van der Waals surface area contributed by atoms with Crippen molar-refractivity contribution in [1.29, 1.82) is 0 Å². The van der Waals surface area contributed by atoms with Gasteiger partial charge in [0.2, 0.25) is 0 Å². The summed E-state index contributed by atoms with van der Waals surface area (Å²) in [6.45, 7) is 0. The summed E-state index contributed by atoms with van der Waals surface area (Å²) in [5.74, 6) is 0. The molecule has 2 aliphatic carbocycles. The number of nitrogens with one attached hydrogen (secondary N) is 1. The number of fused-ring (bicyclic) bond motifs is 4. The Hall–Kier alpha value is 0.310. The minimum atomic E-state index is 0.824. The van der Waals surface area contributed by atoms with Crippen molar-refractivity contribution in [2.45, 2.75) is 125 Å². The lowest BCUT2D eigenvalue weighted by Crippen LogP contribution is -2.44. The average molecular weight is 324 g/mol. The summed E-state index contributed by atoms with van der Waals surface area (Å²) in [5.41, 5.74) is 0. The van der Waals surface area contributed by atoms with Crippen LogP contribution in [0.1, 0.15) is 103 Å². The fourth-order valence-corrected chi connectivity index (χ4v) is 6.68. The Morgan fingerprint density at radius 3 is 1.41 bits per heavy atom. The third kappa shape index (κ3) is 5.74. The third-order valence-corrected chi connectivity index (χ3v) is 7.73. The first kappa shape index (κ1) is 17.1. The molecule has 1 N–H and O–H groups in total. The number of hydrogen-bond donors (Lipinski definition) is 1. The maximum absolute atomic E-state index is 4.14. The molecule has 0 aromatic rings. The molecule has 4 unspecified atom stereocenters. The van der Waals surface area contributed by atoms with E-state index < -0.39 is 0 Å². The van der Waals surface area contributed by atoms with Crippen LogP contribution in [0.25, 0.3) is 0 Å². The molecule has 128 valence electrons. The highest BCUT2D eigenvalue weighted by molar-refractivity contribution is 8.00. The van der Waals surface area contributed by atoms with Crippen molar-refractivity contribution in [2.24, 2.45) is 0 Å². The van der Waals surface area contributed by atoms with E-state index in [-0.39, 0.29) is 0 Å². The van der Waals surface area contributed by atoms with Crippen molar-refractivity contribution in [3.63, 3.8) is 0 Å². The van der Waals surface area contributed by atoms with Gasteiger partial charge in [-0.2, -0.15) is 11.8 Å². The molecule has 0 amide bonds. The van der Waals surface area contributed by atoms with Gasteiger partial charge in [0.25, 0.3) is 0 Å². The second-order valence-electron chi connectivity index (χ2n) is 8.10. The Bertz CT molecular complexity index is 252. The molecule has 2 heteroatoms. The summed E-state index contributed by atoms with van der Waals surface area (Å²) in [4.78, 5) is 0. The Morgan fingerprint density at radius 2 is 0.909 bits per heavy atom. The van der Waals surface area contributed by atoms with Crippen LogP contribution in [0.3, 0.4) is 0 Å². The molecule has 4 atom stereocenters. The fraction of sp³-hybridized carbons (Fsp3) is 1.00. The zero-order valence-electron chi connectivity index (χ0n) is 14.5. The lowest BCUT2D eigenvalue weighted by Gasteiger charge is -2.37. The predicted octanol–water partition coefficient (Wildman–Crippen LogP) is 6.07. The maximum atomic E-state index is 4.14. The second-order valence-corrected chi connectivity index (χ2v) is 9.71. The van der Waals surface area contributed by atoms with Crippen LogP contribution in [0.5, 0.6) is 0 Å². The van der Waals surface area contributed by atoms with E-state index in [4.69, 9.17) is 0 Å². The molecular weight excluding hydrogens is 286 g/mol. The standard InChI is InChI=1S/C20H37NS/c1-3-7-11-17-15-19(13-9-5-1)22-20-14-10-6-2-4-8-12-18(16-20)21-17/h17-21H,1-16H2. The van der Waals surface area contributed by atoms with Crippen LogP contribution in [-0.2, 0) is 0 Å². The Labute approximate surface area is 142 Å². The molecule has 1 aliphatic heterocycles. The summed E-state index contributed by atoms with van der Waals surface area (Å²) < 4.78 is 0. The molecule has 3 rings (SSSR count). The molecule has 2 saturated carbocycles. The van der Waals surface area contributed by atoms with Gasteiger partial charge in [0.15, 0.2) is 0 Å². The molecule has 0 aromatic heterocycles. The van der Waals surface area contributed by atoms with Gasteiger partial charge in [-0.15, -0.1) is 0 Å². The van der Waals surface area contributed by atoms with Gasteiger partial charge in [0.05, 0.1) is 0 Å². The van der Waals surface area contributed by atoms with Crippen LogP contribution in [0, 0.1) is 0 Å². The van der Waals surface area contributed by atoms with Crippen LogP contribution in [0.2, 0.25) is 0 Å². The van der Waals surface area contributed by atoms with Crippen LogP contribution >= 0.6 is 11.8 Å². The average Bonchev–Trinajstić information content (AvgIpc) is 2.51. The summed E-state index contributed by atoms with van der Waals surface area (Å²) in [5, 5.41) is 6.03. The molecule has 3 aliphatic rings. The molecule has 0 spiro atoms. The van der Waals surface area contributed by atoms with Crippen molar-refractivity contribution in [2.75, 3.05) is 0 Å². The molecule has 1 saturated heterocycles. The Balaban J connectivity index is 1.65. The van der Waals surface area contributed by atoms with E-state index in [1.54, 1.807) is 0 Å². The molecule has 4 bridgehead atoms. The van der Waals surface area contributed by atoms with Crippen LogP contribution < -0.4 is 5.32 Å². The lowest BCUT2D eigenvalue weighted by atomic mass is 9.93. The molecule has 1 nitrogen and oxygen atoms in total. The summed E-state index contributed by atoms with van der Waals surface area (Å²) >= 11 is 2.41. The monoisotopic (exact) mass is 323 g/mol. The SMILES string of the molecule is C1CCCC2CC(CCC1)SC1CCCCCCCC(C1)N2. The van der Waals surface area contributed by atoms with Gasteiger partial charge in [0.1, 0.15) is 0 Å². The topological polar surface area (TPSA) is 12.0 Å². The van der Waals surface area contributed by atoms with E-state index in [2.05, 4.69) is 17.1 Å². The van der Waals surface area contributed by atoms with Crippen molar-refractivity contribution >= 4 is 11.8 Å². The fourth-order valence-electron chi connectivity index (χ4n) is 4.85. The van der Waals surface area contributed by atoms with Crippen molar-refractivity contribution in [3.8, 4) is 0 Å². The zero-order chi connectivity index (χ0) is 15.0. The van der Waals surface area contributed by atoms with E-state index >= 15 is 0 Å². The van der Waals surface area contributed by atoms with E-state index in [9.17, 15) is 0 Å². The highest BCUT2D eigenvalue weighted by Gasteiger charge is 2.28. The van der Waals surface area contributed by atoms with Gasteiger partial charge in [-0.05, 0) is 38.5 Å². The molecule has 3 fully saturated rings. The first-order chi connectivity index (χ1) is 10.9. The van der Waals surface area contributed by atoms with Gasteiger partial charge in [-0.3, -0.25) is 0 Å². The first-order valence-corrected chi connectivity index (χ1v) is 11.3. The van der Waals surface area contributed by atoms with Crippen molar-refractivity contribution < 1.29 is 0 Å². The van der Waals surface area contributed by atoms with E-state index in [0.29, 0.717) is 0 Å². The van der Waals surface area contributed by atoms with Crippen LogP contribution in [0.15, 0.2) is 0 Å². The van der Waals surface area contributed by atoms with Gasteiger partial charge >= 0.3 is 0 Å². The van der Waals surface area contributed by atoms with Gasteiger partial charge in [-0.1, -0.05) is 64.2 Å². The molecule has 1 heterocycles. The first-order valence-electron chi connectivity index (χ1n) is 10.3. The van der Waals surface area contributed by atoms with Gasteiger partial charge in [-0.25, -0.2) is 0 Å². The molecule has 22 heavy (non-hydrogen) atoms. The highest BCUT2D eigenvalue weighted by atomic mass is 32.2. The third-order valence-electron chi connectivity index (χ3n) is 6.11. The van der Waals surface area contributed by atoms with Crippen molar-refractivity contribution in [1.82, 2.24) is 5.32 Å². The Morgan fingerprint density at radius 1 is 0.500 bits per heavy atom. The smallest absolute Gasteiger partial charge is 0.00802 e. The Kier molecular flexibility index (Phi) is 7.46. The van der Waals surface area contributed by atoms with Crippen LogP contribution in [0.4, 0.5) is 0 Å². The van der Waals surface area contributed by atoms with Gasteiger partial charge in [0, 0.05) is 22.6 Å². The van der Waals surface area contributed by atoms with Gasteiger partial charge < -0.3 is 5.32 Å². The summed E-state index contributed by atoms with van der Waals surface area (Å²) in [7, 11) is 0. The number of rotatable bonds is 0. The second kappa shape index (κ2) is 9.57. The highest BCUT2D eigenvalue weighted by Crippen LogP contribution is 2.36.